The van der Waals surface area contributed by atoms with E-state index in [9.17, 15) is 19.2 Å². The smallest absolute Gasteiger partial charge is 0.256 e. The van der Waals surface area contributed by atoms with Gasteiger partial charge in [0.25, 0.3) is 17.7 Å². The normalized spacial score (nSPS) is 23.8. The second-order valence-corrected chi connectivity index (χ2v) is 17.5. The van der Waals surface area contributed by atoms with Crippen LogP contribution in [0.4, 0.5) is 15.9 Å². The van der Waals surface area contributed by atoms with Gasteiger partial charge in [0.2, 0.25) is 5.91 Å². The van der Waals surface area contributed by atoms with E-state index < -0.39 is 17.8 Å². The highest BCUT2D eigenvalue weighted by atomic mass is 35.5. The number of nitriles is 1. The zero-order valence-corrected chi connectivity index (χ0v) is 35.1. The highest BCUT2D eigenvalue weighted by Crippen LogP contribution is 2.36. The fourth-order valence-electron chi connectivity index (χ4n) is 10.1. The van der Waals surface area contributed by atoms with Crippen LogP contribution in [0.1, 0.15) is 88.9 Å². The van der Waals surface area contributed by atoms with Crippen molar-refractivity contribution in [2.45, 2.75) is 82.6 Å². The minimum absolute atomic E-state index is 0.0337. The van der Waals surface area contributed by atoms with E-state index in [0.29, 0.717) is 58.7 Å². The standard InChI is InChI=1S/C45H50ClFN8O6/c1-60-27-55-42(56)11-9-39(45(55)59)54-25-30-20-40(37(47)22-35(30)44(54)58)51-18-16-50(17-19-51)24-28-12-14-52(15-13-28)41-10-8-34-38(49-41)26-53(43(34)57)31-3-6-32(7-4-31)61-33-5-2-29(23-48)36(46)21-33/h2,5,8,10,20-22,28,31-32,39H,3-4,6-7,9,11-19,24-27H2,1H3. The molecule has 61 heavy (non-hydrogen) atoms. The Balaban J connectivity index is 0.731. The Labute approximate surface area is 359 Å². The van der Waals surface area contributed by atoms with Gasteiger partial charge in [-0.15, -0.1) is 0 Å². The molecule has 16 heteroatoms. The number of benzene rings is 2. The van der Waals surface area contributed by atoms with Crippen LogP contribution in [-0.2, 0) is 27.4 Å². The second kappa shape index (κ2) is 17.2. The molecule has 320 valence electrons. The molecule has 6 aliphatic rings. The van der Waals surface area contributed by atoms with Gasteiger partial charge in [0.1, 0.15) is 36.2 Å². The number of hydrogen-bond donors (Lipinski definition) is 0. The molecule has 0 radical (unpaired) electrons. The van der Waals surface area contributed by atoms with E-state index in [1.165, 1.54) is 18.1 Å². The molecule has 0 spiro atoms. The average molecular weight is 853 g/mol. The first-order valence-corrected chi connectivity index (χ1v) is 21.8. The SMILES string of the molecule is COCN1C(=O)CCC(N2Cc3cc(N4CCN(CC5CCN(c6ccc7c(n6)CN(C6CCC(Oc8ccc(C#N)c(Cl)c8)CC6)C7=O)CC5)CC4)c(F)cc3C2=O)C1=O. The number of carbonyl (C=O) groups is 4. The number of nitrogens with zero attached hydrogens (tertiary/aromatic N) is 8. The summed E-state index contributed by atoms with van der Waals surface area (Å²) in [5.74, 6) is 0.555. The van der Waals surface area contributed by atoms with Gasteiger partial charge in [-0.25, -0.2) is 9.37 Å². The Hall–Kier alpha value is -5.30. The fourth-order valence-corrected chi connectivity index (χ4v) is 10.3. The average Bonchev–Trinajstić information content (AvgIpc) is 3.77. The largest absolute Gasteiger partial charge is 0.490 e. The maximum atomic E-state index is 15.6. The number of rotatable bonds is 10. The second-order valence-electron chi connectivity index (χ2n) is 17.1. The summed E-state index contributed by atoms with van der Waals surface area (Å²) >= 11 is 6.20. The number of amides is 4. The van der Waals surface area contributed by atoms with Crippen molar-refractivity contribution in [2.24, 2.45) is 5.92 Å². The van der Waals surface area contributed by atoms with Gasteiger partial charge in [0, 0.05) is 83.6 Å². The van der Waals surface area contributed by atoms with Crippen molar-refractivity contribution in [2.75, 3.05) is 69.5 Å². The minimum atomic E-state index is -0.788. The highest BCUT2D eigenvalue weighted by molar-refractivity contribution is 6.31. The number of hydrogen-bond acceptors (Lipinski definition) is 11. The zero-order valence-electron chi connectivity index (χ0n) is 34.4. The number of aromatic nitrogens is 1. The summed E-state index contributed by atoms with van der Waals surface area (Å²) in [6.45, 7) is 6.27. The molecule has 3 aromatic rings. The molecule has 0 N–H and O–H groups in total. The molecule has 4 fully saturated rings. The molecule has 1 unspecified atom stereocenters. The molecule has 3 saturated heterocycles. The predicted octanol–water partition coefficient (Wildman–Crippen LogP) is 5.21. The Morgan fingerprint density at radius 2 is 1.59 bits per heavy atom. The van der Waals surface area contributed by atoms with Crippen molar-refractivity contribution < 1.29 is 33.0 Å². The van der Waals surface area contributed by atoms with Crippen LogP contribution in [0.2, 0.25) is 5.02 Å². The van der Waals surface area contributed by atoms with E-state index >= 15 is 4.39 Å². The number of ether oxygens (including phenoxy) is 2. The summed E-state index contributed by atoms with van der Waals surface area (Å²) in [5.41, 5.74) is 3.41. The Bertz CT molecular complexity index is 2270. The summed E-state index contributed by atoms with van der Waals surface area (Å²) in [6, 6.07) is 13.6. The van der Waals surface area contributed by atoms with E-state index in [0.717, 1.165) is 87.7 Å². The van der Waals surface area contributed by atoms with Gasteiger partial charge < -0.3 is 29.1 Å². The number of methoxy groups -OCH3 is 1. The maximum Gasteiger partial charge on any atom is 0.256 e. The van der Waals surface area contributed by atoms with Crippen LogP contribution >= 0.6 is 11.6 Å². The van der Waals surface area contributed by atoms with Gasteiger partial charge in [-0.2, -0.15) is 5.26 Å². The van der Waals surface area contributed by atoms with Crippen molar-refractivity contribution in [3.05, 3.63) is 81.3 Å². The first kappa shape index (κ1) is 41.1. The third kappa shape index (κ3) is 8.13. The molecule has 1 aliphatic carbocycles. The van der Waals surface area contributed by atoms with Crippen LogP contribution in [0.3, 0.4) is 0 Å². The Kier molecular flexibility index (Phi) is 11.6. The Morgan fingerprint density at radius 1 is 0.836 bits per heavy atom. The molecule has 0 bridgehead atoms. The van der Waals surface area contributed by atoms with Crippen LogP contribution in [0.5, 0.6) is 5.75 Å². The van der Waals surface area contributed by atoms with Gasteiger partial charge in [0.15, 0.2) is 0 Å². The number of piperidine rings is 2. The molecule has 9 rings (SSSR count). The van der Waals surface area contributed by atoms with Gasteiger partial charge in [-0.3, -0.25) is 29.0 Å². The van der Waals surface area contributed by atoms with Gasteiger partial charge in [-0.05, 0) is 92.8 Å². The lowest BCUT2D eigenvalue weighted by Gasteiger charge is -2.40. The van der Waals surface area contributed by atoms with Crippen molar-refractivity contribution in [3.63, 3.8) is 0 Å². The molecule has 14 nitrogen and oxygen atoms in total. The van der Waals surface area contributed by atoms with Gasteiger partial charge in [-0.1, -0.05) is 11.6 Å². The number of fused-ring (bicyclic) bond motifs is 2. The Morgan fingerprint density at radius 3 is 2.31 bits per heavy atom. The molecular formula is C45H50ClFN8O6. The molecule has 1 aromatic heterocycles. The van der Waals surface area contributed by atoms with E-state index in [1.807, 2.05) is 21.9 Å². The van der Waals surface area contributed by atoms with E-state index in [2.05, 4.69) is 15.9 Å². The van der Waals surface area contributed by atoms with Crippen LogP contribution in [-0.4, -0.2) is 126 Å². The summed E-state index contributed by atoms with van der Waals surface area (Å²) in [6.07, 6.45) is 5.83. The first-order chi connectivity index (χ1) is 29.6. The first-order valence-electron chi connectivity index (χ1n) is 21.4. The molecule has 6 heterocycles. The lowest BCUT2D eigenvalue weighted by molar-refractivity contribution is -0.157. The van der Waals surface area contributed by atoms with Gasteiger partial charge in [0.05, 0.1) is 40.2 Å². The summed E-state index contributed by atoms with van der Waals surface area (Å²) in [4.78, 5) is 68.7. The summed E-state index contributed by atoms with van der Waals surface area (Å²) < 4.78 is 26.8. The van der Waals surface area contributed by atoms with Crippen molar-refractivity contribution in [1.29, 1.82) is 5.26 Å². The number of imide groups is 1. The predicted molar refractivity (Wildman–Crippen MR) is 224 cm³/mol. The molecule has 1 atom stereocenters. The molecule has 5 aliphatic heterocycles. The maximum absolute atomic E-state index is 15.6. The van der Waals surface area contributed by atoms with Crippen LogP contribution < -0.4 is 14.5 Å². The number of anilines is 2. The monoisotopic (exact) mass is 852 g/mol. The van der Waals surface area contributed by atoms with Crippen LogP contribution in [0.25, 0.3) is 0 Å². The van der Waals surface area contributed by atoms with Crippen molar-refractivity contribution in [1.82, 2.24) is 24.6 Å². The lowest BCUT2D eigenvalue weighted by atomic mass is 9.92. The minimum Gasteiger partial charge on any atom is -0.490 e. The van der Waals surface area contributed by atoms with Crippen molar-refractivity contribution >= 4 is 46.7 Å². The fraction of sp³-hybridized carbons (Fsp3) is 0.511. The van der Waals surface area contributed by atoms with Crippen LogP contribution in [0.15, 0.2) is 42.5 Å². The lowest BCUT2D eigenvalue weighted by Crippen LogP contribution is -2.55. The number of carbonyl (C=O) groups excluding carboxylic acids is 4. The van der Waals surface area contributed by atoms with Crippen molar-refractivity contribution in [3.8, 4) is 11.8 Å². The van der Waals surface area contributed by atoms with Gasteiger partial charge >= 0.3 is 0 Å². The topological polar surface area (TPSA) is 143 Å². The number of piperazine rings is 1. The zero-order chi connectivity index (χ0) is 42.4. The molecule has 1 saturated carbocycles. The molecule has 4 amide bonds. The molecular weight excluding hydrogens is 803 g/mol. The third-order valence-electron chi connectivity index (χ3n) is 13.5. The third-order valence-corrected chi connectivity index (χ3v) is 13.8. The quantitative estimate of drug-likeness (QED) is 0.248. The number of halogens is 2. The van der Waals surface area contributed by atoms with E-state index in [-0.39, 0.29) is 61.5 Å². The molecule has 2 aromatic carbocycles. The van der Waals surface area contributed by atoms with E-state index in [1.54, 1.807) is 24.3 Å². The van der Waals surface area contributed by atoms with E-state index in [4.69, 9.17) is 31.3 Å². The number of pyridine rings is 1. The summed E-state index contributed by atoms with van der Waals surface area (Å²) in [7, 11) is 1.41. The summed E-state index contributed by atoms with van der Waals surface area (Å²) in [5, 5.41) is 9.54. The number of likely N-dealkylation sites (tertiary alicyclic amines) is 1. The van der Waals surface area contributed by atoms with Crippen LogP contribution in [0, 0.1) is 23.1 Å². The highest BCUT2D eigenvalue weighted by Gasteiger charge is 2.43.